The SMILES string of the molecule is Nc1ccc(SC[B-](F)(F)F)c(Cl)c1. The first-order valence-electron chi connectivity index (χ1n) is 3.77. The van der Waals surface area contributed by atoms with Crippen LogP contribution in [0.15, 0.2) is 23.1 Å². The van der Waals surface area contributed by atoms with Gasteiger partial charge in [-0.3, -0.25) is 0 Å². The van der Waals surface area contributed by atoms with E-state index in [2.05, 4.69) is 0 Å². The van der Waals surface area contributed by atoms with Crippen molar-refractivity contribution in [3.8, 4) is 0 Å². The van der Waals surface area contributed by atoms with Gasteiger partial charge in [-0.1, -0.05) is 11.6 Å². The molecule has 0 saturated carbocycles. The van der Waals surface area contributed by atoms with Crippen LogP contribution in [0.5, 0.6) is 0 Å². The molecule has 0 aromatic heterocycles. The number of rotatable bonds is 3. The molecule has 1 rings (SSSR count). The number of anilines is 1. The molecule has 0 unspecified atom stereocenters. The van der Waals surface area contributed by atoms with Crippen LogP contribution in [0.4, 0.5) is 18.6 Å². The van der Waals surface area contributed by atoms with Gasteiger partial charge < -0.3 is 18.7 Å². The molecule has 2 N–H and O–H groups in total. The van der Waals surface area contributed by atoms with Crippen LogP contribution in [-0.4, -0.2) is 12.6 Å². The fourth-order valence-electron chi connectivity index (χ4n) is 0.818. The van der Waals surface area contributed by atoms with E-state index in [1.807, 2.05) is 0 Å². The molecule has 0 aliphatic rings. The zero-order valence-corrected chi connectivity index (χ0v) is 8.59. The summed E-state index contributed by atoms with van der Waals surface area (Å²) in [4.78, 5) is 0.403. The Labute approximate surface area is 88.9 Å². The van der Waals surface area contributed by atoms with Crippen molar-refractivity contribution in [2.24, 2.45) is 0 Å². The highest BCUT2D eigenvalue weighted by Gasteiger charge is 2.23. The van der Waals surface area contributed by atoms with Crippen LogP contribution in [0, 0.1) is 0 Å². The van der Waals surface area contributed by atoms with E-state index in [4.69, 9.17) is 17.3 Å². The molecule has 0 aliphatic carbocycles. The molecule has 0 atom stereocenters. The lowest BCUT2D eigenvalue weighted by Gasteiger charge is -2.13. The summed E-state index contributed by atoms with van der Waals surface area (Å²) >= 11 is 6.38. The number of nitrogen functional groups attached to an aromatic ring is 1. The van der Waals surface area contributed by atoms with Crippen molar-refractivity contribution < 1.29 is 12.9 Å². The average molecular weight is 240 g/mol. The molecule has 0 heterocycles. The van der Waals surface area contributed by atoms with E-state index in [0.29, 0.717) is 22.3 Å². The maximum atomic E-state index is 11.9. The molecule has 1 aromatic rings. The summed E-state index contributed by atoms with van der Waals surface area (Å²) in [5.41, 5.74) is 4.95. The molecule has 0 spiro atoms. The lowest BCUT2D eigenvalue weighted by molar-refractivity contribution is 0.485. The summed E-state index contributed by atoms with van der Waals surface area (Å²) in [6, 6.07) is 4.45. The summed E-state index contributed by atoms with van der Waals surface area (Å²) in [5.74, 6) is 0. The van der Waals surface area contributed by atoms with Gasteiger partial charge >= 0.3 is 6.98 Å². The second kappa shape index (κ2) is 4.36. The lowest BCUT2D eigenvalue weighted by Crippen LogP contribution is -2.18. The summed E-state index contributed by atoms with van der Waals surface area (Å²) in [6.45, 7) is -4.78. The standard InChI is InChI=1S/C7H7BClF3NS/c9-6-3-5(13)1-2-7(6)14-4-8(10,11)12/h1-3H,4,13H2/q-1. The number of halogens is 4. The van der Waals surface area contributed by atoms with Crippen molar-refractivity contribution in [2.75, 3.05) is 11.4 Å². The van der Waals surface area contributed by atoms with Gasteiger partial charge in [0.2, 0.25) is 0 Å². The van der Waals surface area contributed by atoms with Crippen LogP contribution in [0.2, 0.25) is 5.02 Å². The van der Waals surface area contributed by atoms with Crippen molar-refractivity contribution in [3.63, 3.8) is 0 Å². The van der Waals surface area contributed by atoms with E-state index in [1.165, 1.54) is 18.2 Å². The first-order chi connectivity index (χ1) is 6.38. The maximum absolute atomic E-state index is 11.9. The summed E-state index contributed by atoms with van der Waals surface area (Å²) in [5, 5.41) is 0.259. The molecule has 0 amide bonds. The van der Waals surface area contributed by atoms with Gasteiger partial charge in [-0.05, 0) is 23.9 Å². The van der Waals surface area contributed by atoms with Crippen LogP contribution in [0.1, 0.15) is 0 Å². The Morgan fingerprint density at radius 3 is 2.50 bits per heavy atom. The molecular weight excluding hydrogens is 233 g/mol. The number of hydrogen-bond acceptors (Lipinski definition) is 2. The normalized spacial score (nSPS) is 11.7. The predicted molar refractivity (Wildman–Crippen MR) is 55.7 cm³/mol. The van der Waals surface area contributed by atoms with Crippen molar-refractivity contribution >= 4 is 36.0 Å². The molecular formula is C7H7BClF3NS-. The third-order valence-electron chi connectivity index (χ3n) is 1.38. The second-order valence-electron chi connectivity index (χ2n) is 2.71. The zero-order valence-electron chi connectivity index (χ0n) is 7.01. The molecule has 0 saturated heterocycles. The molecule has 1 aromatic carbocycles. The Morgan fingerprint density at radius 1 is 1.36 bits per heavy atom. The first-order valence-corrected chi connectivity index (χ1v) is 5.13. The quantitative estimate of drug-likeness (QED) is 0.498. The Bertz CT molecular complexity index is 331. The van der Waals surface area contributed by atoms with E-state index < -0.39 is 12.6 Å². The van der Waals surface area contributed by atoms with Gasteiger partial charge in [-0.2, -0.15) is 11.8 Å². The number of hydrogen-bond donors (Lipinski definition) is 1. The lowest BCUT2D eigenvalue weighted by atomic mass is 9.98. The van der Waals surface area contributed by atoms with Crippen LogP contribution < -0.4 is 5.73 Å². The summed E-state index contributed by atoms with van der Waals surface area (Å²) in [7, 11) is 0. The average Bonchev–Trinajstić information content (AvgIpc) is 2.00. The van der Waals surface area contributed by atoms with E-state index in [9.17, 15) is 12.9 Å². The Hall–Kier alpha value is -0.485. The fraction of sp³-hybridized carbons (Fsp3) is 0.143. The second-order valence-corrected chi connectivity index (χ2v) is 4.18. The molecule has 78 valence electrons. The van der Waals surface area contributed by atoms with Crippen molar-refractivity contribution in [1.82, 2.24) is 0 Å². The number of benzene rings is 1. The van der Waals surface area contributed by atoms with Crippen molar-refractivity contribution in [2.45, 2.75) is 4.90 Å². The van der Waals surface area contributed by atoms with Gasteiger partial charge in [-0.15, -0.1) is 0 Å². The molecule has 0 bridgehead atoms. The van der Waals surface area contributed by atoms with Crippen molar-refractivity contribution in [3.05, 3.63) is 23.2 Å². The number of nitrogens with two attached hydrogens (primary N) is 1. The molecule has 0 fully saturated rings. The highest BCUT2D eigenvalue weighted by molar-refractivity contribution is 8.00. The molecule has 7 heteroatoms. The summed E-state index contributed by atoms with van der Waals surface area (Å²) < 4.78 is 35.8. The van der Waals surface area contributed by atoms with Crippen LogP contribution >= 0.6 is 23.4 Å². The van der Waals surface area contributed by atoms with Gasteiger partial charge in [-0.25, -0.2) is 0 Å². The minimum Gasteiger partial charge on any atom is -0.448 e. The van der Waals surface area contributed by atoms with Gasteiger partial charge in [0, 0.05) is 10.6 Å². The highest BCUT2D eigenvalue weighted by atomic mass is 35.5. The van der Waals surface area contributed by atoms with E-state index >= 15 is 0 Å². The van der Waals surface area contributed by atoms with Gasteiger partial charge in [0.1, 0.15) is 0 Å². The van der Waals surface area contributed by atoms with Gasteiger partial charge in [0.25, 0.3) is 0 Å². The largest absolute Gasteiger partial charge is 0.488 e. The van der Waals surface area contributed by atoms with E-state index in [1.54, 1.807) is 0 Å². The fourth-order valence-corrected chi connectivity index (χ4v) is 1.90. The minimum absolute atomic E-state index is 0.259. The van der Waals surface area contributed by atoms with Crippen LogP contribution in [0.3, 0.4) is 0 Å². The monoisotopic (exact) mass is 240 g/mol. The predicted octanol–water partition coefficient (Wildman–Crippen LogP) is 3.40. The highest BCUT2D eigenvalue weighted by Crippen LogP contribution is 2.31. The zero-order chi connectivity index (χ0) is 10.8. The summed E-state index contributed by atoms with van der Waals surface area (Å²) in [6.07, 6.45) is 0. The number of thioether (sulfide) groups is 1. The molecule has 1 nitrogen and oxygen atoms in total. The minimum atomic E-state index is -4.78. The Kier molecular flexibility index (Phi) is 3.61. The Balaban J connectivity index is 2.68. The van der Waals surface area contributed by atoms with Crippen LogP contribution in [0.25, 0.3) is 0 Å². The molecule has 0 radical (unpaired) electrons. The Morgan fingerprint density at radius 2 is 2.00 bits per heavy atom. The molecule has 14 heavy (non-hydrogen) atoms. The smallest absolute Gasteiger partial charge is 0.448 e. The topological polar surface area (TPSA) is 26.0 Å². The maximum Gasteiger partial charge on any atom is 0.488 e. The van der Waals surface area contributed by atoms with E-state index in [0.717, 1.165) is 0 Å². The third-order valence-corrected chi connectivity index (χ3v) is 3.02. The third kappa shape index (κ3) is 3.71. The first kappa shape index (κ1) is 11.6. The van der Waals surface area contributed by atoms with Crippen molar-refractivity contribution in [1.29, 1.82) is 0 Å². The van der Waals surface area contributed by atoms with E-state index in [-0.39, 0.29) is 5.02 Å². The van der Waals surface area contributed by atoms with Gasteiger partial charge in [0.05, 0.1) is 5.02 Å². The van der Waals surface area contributed by atoms with Crippen LogP contribution in [-0.2, 0) is 0 Å². The molecule has 0 aliphatic heterocycles. The van der Waals surface area contributed by atoms with Gasteiger partial charge in [0.15, 0.2) is 0 Å².